The van der Waals surface area contributed by atoms with E-state index in [1.54, 1.807) is 0 Å². The van der Waals surface area contributed by atoms with Crippen molar-refractivity contribution in [3.05, 3.63) is 67.1 Å². The highest BCUT2D eigenvalue weighted by atomic mass is 79.9. The van der Waals surface area contributed by atoms with Gasteiger partial charge in [-0.1, -0.05) is 55.6 Å². The fourth-order valence-electron chi connectivity index (χ4n) is 2.49. The van der Waals surface area contributed by atoms with Gasteiger partial charge in [0.15, 0.2) is 0 Å². The summed E-state index contributed by atoms with van der Waals surface area (Å²) in [5.74, 6) is 0. The Morgan fingerprint density at radius 2 is 1.50 bits per heavy atom. The van der Waals surface area contributed by atoms with Crippen molar-refractivity contribution in [2.45, 2.75) is 32.5 Å². The average Bonchev–Trinajstić information content (AvgIpc) is 2.36. The van der Waals surface area contributed by atoms with Crippen LogP contribution in [-0.4, -0.2) is 0 Å². The van der Waals surface area contributed by atoms with Crippen molar-refractivity contribution in [1.29, 1.82) is 0 Å². The van der Waals surface area contributed by atoms with Crippen LogP contribution in [-0.2, 0) is 0 Å². The van der Waals surface area contributed by atoms with E-state index >= 15 is 0 Å². The highest BCUT2D eigenvalue weighted by Crippen LogP contribution is 2.40. The second kappa shape index (κ2) is 6.21. The summed E-state index contributed by atoms with van der Waals surface area (Å²) in [6, 6.07) is 8.20. The molecule has 2 aromatic carbocycles. The molecule has 2 rings (SSSR count). The fraction of sp³-hybridized carbons (Fsp3) is 0.294. The summed E-state index contributed by atoms with van der Waals surface area (Å²) in [7, 11) is 0. The van der Waals surface area contributed by atoms with Gasteiger partial charge < -0.3 is 0 Å². The topological polar surface area (TPSA) is 0 Å². The van der Waals surface area contributed by atoms with Crippen LogP contribution in [0.4, 0.5) is 0 Å². The molecule has 0 amide bonds. The zero-order valence-electron chi connectivity index (χ0n) is 12.0. The summed E-state index contributed by atoms with van der Waals surface area (Å²) >= 11 is 13.5. The van der Waals surface area contributed by atoms with Gasteiger partial charge in [-0.05, 0) is 73.2 Å². The largest absolute Gasteiger partial charge is 0.0843 e. The lowest BCUT2D eigenvalue weighted by Gasteiger charge is -2.21. The minimum absolute atomic E-state index is 0.160. The van der Waals surface area contributed by atoms with Gasteiger partial charge in [-0.3, -0.25) is 0 Å². The maximum atomic E-state index is 6.04. The summed E-state index contributed by atoms with van der Waals surface area (Å²) in [5.41, 5.74) is 7.90. The first kappa shape index (κ1) is 16.1. The Hall–Kier alpha value is -0.310. The molecular formula is C17H17Br2Cl. The van der Waals surface area contributed by atoms with Gasteiger partial charge in [0.1, 0.15) is 0 Å². The van der Waals surface area contributed by atoms with Crippen LogP contribution >= 0.6 is 43.5 Å². The standard InChI is InChI=1S/C17H17Br2Cl/c1-9-7-10(2)12(4)16(11(9)3)17(19)14-6-5-13(20)8-15(14)18/h5-8,17H,1-4H3. The molecule has 1 atom stereocenters. The molecule has 0 aliphatic carbocycles. The van der Waals surface area contributed by atoms with Crippen molar-refractivity contribution < 1.29 is 0 Å². The number of halogens is 3. The van der Waals surface area contributed by atoms with Gasteiger partial charge in [0.05, 0.1) is 4.83 Å². The molecule has 0 saturated heterocycles. The van der Waals surface area contributed by atoms with Crippen molar-refractivity contribution in [1.82, 2.24) is 0 Å². The van der Waals surface area contributed by atoms with Crippen LogP contribution in [0.2, 0.25) is 5.02 Å². The normalized spacial score (nSPS) is 12.6. The molecule has 0 aromatic heterocycles. The molecule has 0 saturated carbocycles. The van der Waals surface area contributed by atoms with Crippen molar-refractivity contribution in [2.24, 2.45) is 0 Å². The zero-order valence-corrected chi connectivity index (χ0v) is 15.9. The molecule has 0 bridgehead atoms. The third kappa shape index (κ3) is 2.98. The van der Waals surface area contributed by atoms with Crippen LogP contribution in [0.25, 0.3) is 0 Å². The van der Waals surface area contributed by atoms with E-state index in [0.717, 1.165) is 9.50 Å². The van der Waals surface area contributed by atoms with E-state index in [9.17, 15) is 0 Å². The third-order valence-electron chi connectivity index (χ3n) is 3.91. The molecular weight excluding hydrogens is 399 g/mol. The van der Waals surface area contributed by atoms with Crippen LogP contribution in [0.1, 0.15) is 38.2 Å². The Kier molecular flexibility index (Phi) is 4.99. The Labute approximate surface area is 142 Å². The summed E-state index contributed by atoms with van der Waals surface area (Å²) in [6.45, 7) is 8.72. The second-order valence-corrected chi connectivity index (χ2v) is 7.41. The lowest BCUT2D eigenvalue weighted by molar-refractivity contribution is 1.07. The smallest absolute Gasteiger partial charge is 0.0660 e. The second-order valence-electron chi connectivity index (χ2n) is 5.20. The van der Waals surface area contributed by atoms with Gasteiger partial charge in [0.2, 0.25) is 0 Å². The molecule has 0 heterocycles. The van der Waals surface area contributed by atoms with E-state index in [2.05, 4.69) is 71.7 Å². The van der Waals surface area contributed by atoms with Gasteiger partial charge >= 0.3 is 0 Å². The summed E-state index contributed by atoms with van der Waals surface area (Å²) < 4.78 is 1.03. The molecule has 106 valence electrons. The van der Waals surface area contributed by atoms with Crippen molar-refractivity contribution in [3.8, 4) is 0 Å². The Balaban J connectivity index is 2.62. The molecule has 3 heteroatoms. The first-order chi connectivity index (χ1) is 9.32. The van der Waals surface area contributed by atoms with E-state index in [1.807, 2.05) is 12.1 Å². The van der Waals surface area contributed by atoms with Crippen LogP contribution in [0.15, 0.2) is 28.7 Å². The molecule has 0 spiro atoms. The lowest BCUT2D eigenvalue weighted by atomic mass is 9.90. The first-order valence-electron chi connectivity index (χ1n) is 6.49. The zero-order chi connectivity index (χ0) is 15.0. The quantitative estimate of drug-likeness (QED) is 0.471. The van der Waals surface area contributed by atoms with Crippen LogP contribution < -0.4 is 0 Å². The molecule has 20 heavy (non-hydrogen) atoms. The minimum atomic E-state index is 0.160. The van der Waals surface area contributed by atoms with Gasteiger partial charge in [-0.15, -0.1) is 0 Å². The molecule has 1 unspecified atom stereocenters. The van der Waals surface area contributed by atoms with Gasteiger partial charge in [-0.2, -0.15) is 0 Å². The van der Waals surface area contributed by atoms with Crippen LogP contribution in [0.3, 0.4) is 0 Å². The molecule has 0 aliphatic heterocycles. The number of rotatable bonds is 2. The monoisotopic (exact) mass is 414 g/mol. The molecule has 0 N–H and O–H groups in total. The molecule has 0 fully saturated rings. The maximum absolute atomic E-state index is 6.04. The van der Waals surface area contributed by atoms with Crippen molar-refractivity contribution >= 4 is 43.5 Å². The molecule has 0 aliphatic rings. The molecule has 0 nitrogen and oxygen atoms in total. The fourth-order valence-corrected chi connectivity index (χ4v) is 4.79. The van der Waals surface area contributed by atoms with Crippen molar-refractivity contribution in [2.75, 3.05) is 0 Å². The summed E-state index contributed by atoms with van der Waals surface area (Å²) in [4.78, 5) is 0.160. The van der Waals surface area contributed by atoms with Crippen molar-refractivity contribution in [3.63, 3.8) is 0 Å². The van der Waals surface area contributed by atoms with E-state index in [-0.39, 0.29) is 4.83 Å². The minimum Gasteiger partial charge on any atom is -0.0843 e. The predicted octanol–water partition coefficient (Wildman–Crippen LogP) is 6.82. The highest BCUT2D eigenvalue weighted by Gasteiger charge is 2.20. The predicted molar refractivity (Wildman–Crippen MR) is 95.3 cm³/mol. The van der Waals surface area contributed by atoms with Gasteiger partial charge in [0, 0.05) is 9.50 Å². The van der Waals surface area contributed by atoms with E-state index in [1.165, 1.54) is 33.4 Å². The average molecular weight is 417 g/mol. The van der Waals surface area contributed by atoms with Crippen LogP contribution in [0, 0.1) is 27.7 Å². The van der Waals surface area contributed by atoms with E-state index < -0.39 is 0 Å². The highest BCUT2D eigenvalue weighted by molar-refractivity contribution is 9.11. The number of hydrogen-bond acceptors (Lipinski definition) is 0. The molecule has 2 aromatic rings. The maximum Gasteiger partial charge on any atom is 0.0660 e. The third-order valence-corrected chi connectivity index (χ3v) is 5.79. The molecule has 0 radical (unpaired) electrons. The van der Waals surface area contributed by atoms with E-state index in [4.69, 9.17) is 11.6 Å². The Bertz CT molecular complexity index is 636. The number of aryl methyl sites for hydroxylation is 2. The lowest BCUT2D eigenvalue weighted by Crippen LogP contribution is -2.03. The Morgan fingerprint density at radius 3 is 2.00 bits per heavy atom. The number of hydrogen-bond donors (Lipinski definition) is 0. The first-order valence-corrected chi connectivity index (χ1v) is 8.58. The van der Waals surface area contributed by atoms with E-state index in [0.29, 0.717) is 0 Å². The van der Waals surface area contributed by atoms with Gasteiger partial charge in [-0.25, -0.2) is 0 Å². The van der Waals surface area contributed by atoms with Gasteiger partial charge in [0.25, 0.3) is 0 Å². The Morgan fingerprint density at radius 1 is 0.950 bits per heavy atom. The SMILES string of the molecule is Cc1cc(C)c(C)c(C(Br)c2ccc(Cl)cc2Br)c1C. The summed E-state index contributed by atoms with van der Waals surface area (Å²) in [6.07, 6.45) is 0. The van der Waals surface area contributed by atoms with Crippen LogP contribution in [0.5, 0.6) is 0 Å². The summed E-state index contributed by atoms with van der Waals surface area (Å²) in [5, 5.41) is 0.745. The number of alkyl halides is 1. The number of benzene rings is 2.